The molecule has 3 heteroatoms. The zero-order chi connectivity index (χ0) is 28.8. The fourth-order valence-corrected chi connectivity index (χ4v) is 8.55. The minimum Gasteiger partial charge on any atom is -0.292 e. The van der Waals surface area contributed by atoms with Gasteiger partial charge in [-0.2, -0.15) is 0 Å². The fraction of sp³-hybridized carbons (Fsp3) is 0. The van der Waals surface area contributed by atoms with Crippen molar-refractivity contribution in [3.8, 4) is 17.1 Å². The largest absolute Gasteiger partial charge is 0.292 e. The Morgan fingerprint density at radius 1 is 0.477 bits per heavy atom. The van der Waals surface area contributed by atoms with Crippen LogP contribution in [0, 0.1) is 0 Å². The van der Waals surface area contributed by atoms with Gasteiger partial charge < -0.3 is 0 Å². The van der Waals surface area contributed by atoms with Crippen molar-refractivity contribution in [3.05, 3.63) is 146 Å². The molecule has 2 nitrogen and oxygen atoms in total. The van der Waals surface area contributed by atoms with Crippen LogP contribution in [0.15, 0.2) is 146 Å². The van der Waals surface area contributed by atoms with Crippen LogP contribution in [0.25, 0.3) is 91.4 Å². The summed E-state index contributed by atoms with van der Waals surface area (Å²) in [5.41, 5.74) is 4.52. The van der Waals surface area contributed by atoms with Gasteiger partial charge in [0, 0.05) is 37.2 Å². The quantitative estimate of drug-likeness (QED) is 0.187. The van der Waals surface area contributed by atoms with Crippen molar-refractivity contribution in [2.45, 2.75) is 0 Å². The molecule has 0 fully saturated rings. The number of thiophene rings is 1. The fourth-order valence-electron chi connectivity index (χ4n) is 7.29. The van der Waals surface area contributed by atoms with E-state index in [9.17, 15) is 0 Å². The summed E-state index contributed by atoms with van der Waals surface area (Å²) in [6.45, 7) is 0. The second-order valence-corrected chi connectivity index (χ2v) is 12.6. The number of hydrogen-bond acceptors (Lipinski definition) is 2. The molecule has 10 rings (SSSR count). The van der Waals surface area contributed by atoms with Gasteiger partial charge in [0.2, 0.25) is 0 Å². The van der Waals surface area contributed by atoms with Crippen LogP contribution in [0.2, 0.25) is 0 Å². The van der Waals surface area contributed by atoms with Crippen molar-refractivity contribution in [2.75, 3.05) is 0 Å². The van der Waals surface area contributed by atoms with Gasteiger partial charge in [-0.05, 0) is 45.1 Å². The lowest BCUT2D eigenvalue weighted by molar-refractivity contribution is 1.10. The second kappa shape index (κ2) is 9.00. The highest BCUT2D eigenvalue weighted by molar-refractivity contribution is 7.27. The first-order valence-corrected chi connectivity index (χ1v) is 15.8. The molecule has 204 valence electrons. The van der Waals surface area contributed by atoms with E-state index in [1.807, 2.05) is 11.3 Å². The third-order valence-electron chi connectivity index (χ3n) is 9.15. The lowest BCUT2D eigenvalue weighted by atomic mass is 9.98. The highest BCUT2D eigenvalue weighted by Gasteiger charge is 2.23. The van der Waals surface area contributed by atoms with Gasteiger partial charge in [-0.1, -0.05) is 127 Å². The molecule has 0 atom stereocenters. The number of rotatable bonds is 2. The maximum atomic E-state index is 5.53. The number of hydrogen-bond donors (Lipinski definition) is 0. The normalized spacial score (nSPS) is 12.1. The molecule has 0 aliphatic heterocycles. The van der Waals surface area contributed by atoms with E-state index in [-0.39, 0.29) is 0 Å². The van der Waals surface area contributed by atoms with Crippen LogP contribution < -0.4 is 0 Å². The molecule has 0 radical (unpaired) electrons. The van der Waals surface area contributed by atoms with Gasteiger partial charge in [0.1, 0.15) is 5.82 Å². The van der Waals surface area contributed by atoms with Crippen molar-refractivity contribution in [2.24, 2.45) is 0 Å². The molecule has 3 aromatic heterocycles. The summed E-state index contributed by atoms with van der Waals surface area (Å²) in [5.74, 6) is 0.938. The Bertz CT molecular complexity index is 2770. The van der Waals surface area contributed by atoms with Gasteiger partial charge in [-0.3, -0.25) is 4.57 Å². The van der Waals surface area contributed by atoms with E-state index in [0.29, 0.717) is 0 Å². The number of fused-ring (bicyclic) bond motifs is 13. The Balaban J connectivity index is 1.47. The SMILES string of the molecule is c1ccc(-c2nc(-n3c4ccccc4c4c5ccccc5c5c6ccccc6sc5c43)cc3c2ccc2ccccc23)cc1. The lowest BCUT2D eigenvalue weighted by Gasteiger charge is -2.15. The predicted octanol–water partition coefficient (Wildman–Crippen LogP) is 11.7. The Hall–Kier alpha value is -5.51. The van der Waals surface area contributed by atoms with E-state index in [2.05, 4.69) is 150 Å². The molecule has 7 aromatic carbocycles. The molecule has 0 unspecified atom stereocenters. The number of para-hydroxylation sites is 1. The van der Waals surface area contributed by atoms with Gasteiger partial charge in [0.25, 0.3) is 0 Å². The Morgan fingerprint density at radius 3 is 1.98 bits per heavy atom. The number of aromatic nitrogens is 2. The molecular weight excluding hydrogens is 553 g/mol. The summed E-state index contributed by atoms with van der Waals surface area (Å²) in [5, 5.41) is 12.6. The zero-order valence-electron chi connectivity index (χ0n) is 23.7. The molecule has 10 aromatic rings. The van der Waals surface area contributed by atoms with Gasteiger partial charge in [-0.25, -0.2) is 4.98 Å². The van der Waals surface area contributed by atoms with E-state index in [1.54, 1.807) is 0 Å². The van der Waals surface area contributed by atoms with Crippen LogP contribution in [0.3, 0.4) is 0 Å². The maximum absolute atomic E-state index is 5.53. The molecule has 3 heterocycles. The van der Waals surface area contributed by atoms with Crippen molar-refractivity contribution in [1.82, 2.24) is 9.55 Å². The molecule has 44 heavy (non-hydrogen) atoms. The van der Waals surface area contributed by atoms with Crippen molar-refractivity contribution >= 4 is 85.6 Å². The first-order chi connectivity index (χ1) is 21.8. The highest BCUT2D eigenvalue weighted by Crippen LogP contribution is 2.48. The molecule has 0 saturated carbocycles. The smallest absolute Gasteiger partial charge is 0.139 e. The molecule has 0 amide bonds. The summed E-state index contributed by atoms with van der Waals surface area (Å²) < 4.78 is 5.04. The third kappa shape index (κ3) is 3.22. The van der Waals surface area contributed by atoms with Crippen LogP contribution in [0.1, 0.15) is 0 Å². The summed E-state index contributed by atoms with van der Waals surface area (Å²) in [7, 11) is 0. The first-order valence-electron chi connectivity index (χ1n) is 15.0. The topological polar surface area (TPSA) is 17.8 Å². The molecular formula is C41H24N2S. The average molecular weight is 577 g/mol. The van der Waals surface area contributed by atoms with Crippen LogP contribution in [-0.4, -0.2) is 9.55 Å². The number of nitrogens with zero attached hydrogens (tertiary/aromatic N) is 2. The van der Waals surface area contributed by atoms with E-state index in [4.69, 9.17) is 4.98 Å². The van der Waals surface area contributed by atoms with Crippen LogP contribution in [-0.2, 0) is 0 Å². The van der Waals surface area contributed by atoms with Gasteiger partial charge in [0.05, 0.1) is 21.4 Å². The number of benzene rings is 7. The van der Waals surface area contributed by atoms with Crippen LogP contribution >= 0.6 is 11.3 Å². The lowest BCUT2D eigenvalue weighted by Crippen LogP contribution is -2.00. The minimum absolute atomic E-state index is 0.938. The Morgan fingerprint density at radius 2 is 1.14 bits per heavy atom. The Labute approximate surface area is 257 Å². The predicted molar refractivity (Wildman–Crippen MR) is 189 cm³/mol. The number of pyridine rings is 1. The van der Waals surface area contributed by atoms with E-state index in [1.165, 1.54) is 68.9 Å². The highest BCUT2D eigenvalue weighted by atomic mass is 32.1. The molecule has 0 spiro atoms. The molecule has 0 saturated heterocycles. The van der Waals surface area contributed by atoms with Gasteiger partial charge >= 0.3 is 0 Å². The van der Waals surface area contributed by atoms with Crippen molar-refractivity contribution in [1.29, 1.82) is 0 Å². The summed E-state index contributed by atoms with van der Waals surface area (Å²) in [6.07, 6.45) is 0. The van der Waals surface area contributed by atoms with Crippen LogP contribution in [0.5, 0.6) is 0 Å². The van der Waals surface area contributed by atoms with Crippen molar-refractivity contribution in [3.63, 3.8) is 0 Å². The van der Waals surface area contributed by atoms with E-state index >= 15 is 0 Å². The monoisotopic (exact) mass is 576 g/mol. The van der Waals surface area contributed by atoms with Crippen molar-refractivity contribution < 1.29 is 0 Å². The summed E-state index contributed by atoms with van der Waals surface area (Å²) in [4.78, 5) is 5.53. The zero-order valence-corrected chi connectivity index (χ0v) is 24.5. The Kier molecular flexibility index (Phi) is 4.90. The molecule has 0 aliphatic rings. The van der Waals surface area contributed by atoms with Gasteiger partial charge in [-0.15, -0.1) is 11.3 Å². The first kappa shape index (κ1) is 24.0. The van der Waals surface area contributed by atoms with E-state index < -0.39 is 0 Å². The minimum atomic E-state index is 0.938. The molecule has 0 aliphatic carbocycles. The maximum Gasteiger partial charge on any atom is 0.139 e. The summed E-state index contributed by atoms with van der Waals surface area (Å²) >= 11 is 1.89. The summed E-state index contributed by atoms with van der Waals surface area (Å²) in [6, 6.07) is 52.6. The van der Waals surface area contributed by atoms with Gasteiger partial charge in [0.15, 0.2) is 0 Å². The molecule has 0 N–H and O–H groups in total. The van der Waals surface area contributed by atoms with E-state index in [0.717, 1.165) is 22.5 Å². The third-order valence-corrected chi connectivity index (χ3v) is 10.3. The standard InChI is InChI=1S/C41H24N2S/c1-2-13-26(14-3-1)39-30-23-22-25-12-4-5-15-27(25)33(30)24-36(42-39)43-34-20-10-8-18-31(34)37-28-16-6-7-17-29(28)38-32-19-9-11-21-35(32)44-41(38)40(37)43/h1-24H. The van der Waals surface area contributed by atoms with Crippen LogP contribution in [0.4, 0.5) is 0 Å². The average Bonchev–Trinajstić information content (AvgIpc) is 3.65. The second-order valence-electron chi connectivity index (χ2n) is 11.5. The molecule has 0 bridgehead atoms.